The van der Waals surface area contributed by atoms with Gasteiger partial charge in [-0.1, -0.05) is 113 Å². The van der Waals surface area contributed by atoms with Gasteiger partial charge in [0, 0.05) is 44.3 Å². The summed E-state index contributed by atoms with van der Waals surface area (Å²) in [5.41, 5.74) is 0. The largest absolute Gasteiger partial charge is 0.316 e. The van der Waals surface area contributed by atoms with E-state index in [0.717, 1.165) is 49.0 Å². The second-order valence-electron chi connectivity index (χ2n) is 11.7. The van der Waals surface area contributed by atoms with Crippen molar-refractivity contribution >= 4 is 0 Å². The van der Waals surface area contributed by atoms with E-state index in [2.05, 4.69) is 81.1 Å². The smallest absolute Gasteiger partial charge is 0.0110 e. The van der Waals surface area contributed by atoms with Crippen LogP contribution in [0, 0.1) is 17.8 Å². The molecule has 0 saturated carbocycles. The summed E-state index contributed by atoms with van der Waals surface area (Å²) >= 11 is 0. The highest BCUT2D eigenvalue weighted by molar-refractivity contribution is 4.76. The van der Waals surface area contributed by atoms with Crippen molar-refractivity contribution in [3.05, 3.63) is 0 Å². The zero-order valence-corrected chi connectivity index (χ0v) is 31.8. The maximum atomic E-state index is 3.46. The Morgan fingerprint density at radius 2 is 0.889 bits per heavy atom. The van der Waals surface area contributed by atoms with Crippen LogP contribution in [0.25, 0.3) is 0 Å². The Hall–Kier alpha value is -0.200. The minimum absolute atomic E-state index is 0. The standard InChI is InChI=1S/C7H16N2.3C7H15N.4C2H6.4CH4/c1-7(2)9-5-3-8-4-6-9;1-6(2)7-3-4-8-5-7;1-7(2)8-5-3-4-6-8;1-6(2)7-4-3-5-8-7;4*1-2;;;;/h7-8H,3-6H2,1-2H3;6-8H,3-5H2,1-2H3;7H,3-6H2,1-2H3;6-8H,3-5H2,1-2H3;4*1-2H3;4*1H4. The molecule has 0 aromatic carbocycles. The molecule has 4 aliphatic heterocycles. The van der Waals surface area contributed by atoms with Crippen molar-refractivity contribution in [2.75, 3.05) is 58.9 Å². The van der Waals surface area contributed by atoms with Gasteiger partial charge in [0.2, 0.25) is 0 Å². The van der Waals surface area contributed by atoms with E-state index >= 15 is 0 Å². The van der Waals surface area contributed by atoms with Gasteiger partial charge in [-0.05, 0) is 110 Å². The summed E-state index contributed by atoms with van der Waals surface area (Å²) in [7, 11) is 0. The van der Waals surface area contributed by atoms with E-state index in [-0.39, 0.29) is 29.7 Å². The number of piperazine rings is 1. The summed E-state index contributed by atoms with van der Waals surface area (Å²) in [6, 6.07) is 2.32. The Morgan fingerprint density at radius 3 is 1.09 bits per heavy atom. The lowest BCUT2D eigenvalue weighted by Gasteiger charge is -2.30. The van der Waals surface area contributed by atoms with Crippen molar-refractivity contribution in [1.82, 2.24) is 25.8 Å². The second kappa shape index (κ2) is 48.2. The molecule has 0 spiro atoms. The van der Waals surface area contributed by atoms with Gasteiger partial charge in [-0.2, -0.15) is 0 Å². The molecule has 3 N–H and O–H groups in total. The molecule has 0 aliphatic carbocycles. The molecule has 4 heterocycles. The van der Waals surface area contributed by atoms with Gasteiger partial charge in [0.05, 0.1) is 0 Å². The Labute approximate surface area is 292 Å². The molecule has 0 aromatic rings. The number of nitrogens with one attached hydrogen (secondary N) is 3. The molecule has 45 heavy (non-hydrogen) atoms. The molecule has 0 radical (unpaired) electrons. The van der Waals surface area contributed by atoms with E-state index in [4.69, 9.17) is 0 Å². The van der Waals surface area contributed by atoms with Crippen LogP contribution in [-0.4, -0.2) is 86.8 Å². The molecule has 0 bridgehead atoms. The fraction of sp³-hybridized carbons (Fsp3) is 1.00. The lowest BCUT2D eigenvalue weighted by molar-refractivity contribution is 0.196. The van der Waals surface area contributed by atoms with Crippen LogP contribution in [0.5, 0.6) is 0 Å². The van der Waals surface area contributed by atoms with Crippen molar-refractivity contribution in [3.63, 3.8) is 0 Å². The van der Waals surface area contributed by atoms with Crippen LogP contribution in [0.15, 0.2) is 0 Å². The highest BCUT2D eigenvalue weighted by Crippen LogP contribution is 2.17. The predicted octanol–water partition coefficient (Wildman–Crippen LogP) is 11.1. The minimum Gasteiger partial charge on any atom is -0.316 e. The summed E-state index contributed by atoms with van der Waals surface area (Å²) in [4.78, 5) is 5.02. The monoisotopic (exact) mass is 652 g/mol. The molecular formula is C40H101N5. The lowest BCUT2D eigenvalue weighted by Crippen LogP contribution is -2.46. The van der Waals surface area contributed by atoms with E-state index in [1.54, 1.807) is 0 Å². The van der Waals surface area contributed by atoms with E-state index in [9.17, 15) is 0 Å². The zero-order chi connectivity index (χ0) is 32.6. The van der Waals surface area contributed by atoms with Crippen LogP contribution < -0.4 is 16.0 Å². The summed E-state index contributed by atoms with van der Waals surface area (Å²) in [5, 5.41) is 10.1. The van der Waals surface area contributed by atoms with Gasteiger partial charge in [0.1, 0.15) is 0 Å². The van der Waals surface area contributed by atoms with E-state index in [1.165, 1.54) is 77.9 Å². The third kappa shape index (κ3) is 38.1. The average Bonchev–Trinajstić information content (AvgIpc) is 3.83. The molecule has 0 aromatic heterocycles. The number of hydrogen-bond donors (Lipinski definition) is 3. The molecule has 5 nitrogen and oxygen atoms in total. The van der Waals surface area contributed by atoms with E-state index in [1.807, 2.05) is 55.4 Å². The Morgan fingerprint density at radius 1 is 0.467 bits per heavy atom. The molecule has 2 unspecified atom stereocenters. The molecule has 0 amide bonds. The minimum atomic E-state index is 0. The molecule has 286 valence electrons. The average molecular weight is 652 g/mol. The van der Waals surface area contributed by atoms with Crippen molar-refractivity contribution in [1.29, 1.82) is 0 Å². The van der Waals surface area contributed by atoms with Crippen LogP contribution >= 0.6 is 0 Å². The van der Waals surface area contributed by atoms with Crippen LogP contribution in [0.2, 0.25) is 0 Å². The van der Waals surface area contributed by atoms with E-state index < -0.39 is 0 Å². The molecule has 5 heteroatoms. The second-order valence-corrected chi connectivity index (χ2v) is 11.7. The van der Waals surface area contributed by atoms with Crippen LogP contribution in [-0.2, 0) is 0 Å². The molecule has 4 aliphatic rings. The molecule has 4 rings (SSSR count). The number of rotatable bonds is 4. The van der Waals surface area contributed by atoms with Gasteiger partial charge in [-0.3, -0.25) is 4.90 Å². The SMILES string of the molecule is C.C.C.C.CC.CC.CC.CC.CC(C)C1CCCN1.CC(C)C1CCNC1.CC(C)N1CCCC1.CC(C)N1CCNCC1. The highest BCUT2D eigenvalue weighted by Gasteiger charge is 2.17. The zero-order valence-electron chi connectivity index (χ0n) is 31.8. The van der Waals surface area contributed by atoms with Crippen molar-refractivity contribution in [2.45, 2.75) is 191 Å². The molecule has 4 fully saturated rings. The van der Waals surface area contributed by atoms with Gasteiger partial charge in [-0.15, -0.1) is 0 Å². The third-order valence-corrected chi connectivity index (χ3v) is 7.70. The highest BCUT2D eigenvalue weighted by atomic mass is 15.2. The van der Waals surface area contributed by atoms with Gasteiger partial charge in [0.15, 0.2) is 0 Å². The number of likely N-dealkylation sites (tertiary alicyclic amines) is 1. The van der Waals surface area contributed by atoms with Gasteiger partial charge in [0.25, 0.3) is 0 Å². The molecule has 4 saturated heterocycles. The van der Waals surface area contributed by atoms with Crippen molar-refractivity contribution in [2.24, 2.45) is 17.8 Å². The Balaban J connectivity index is -0.0000000612. The summed E-state index contributed by atoms with van der Waals surface area (Å²) < 4.78 is 0. The topological polar surface area (TPSA) is 42.6 Å². The predicted molar refractivity (Wildman–Crippen MR) is 220 cm³/mol. The normalized spacial score (nSPS) is 19.7. The van der Waals surface area contributed by atoms with Crippen molar-refractivity contribution < 1.29 is 0 Å². The first-order chi connectivity index (χ1) is 19.7. The van der Waals surface area contributed by atoms with Crippen molar-refractivity contribution in [3.8, 4) is 0 Å². The number of nitrogens with zero attached hydrogens (tertiary/aromatic N) is 2. The first-order valence-corrected chi connectivity index (χ1v) is 18.3. The summed E-state index contributed by atoms with van der Waals surface area (Å²) in [6.07, 6.45) is 6.98. The number of hydrogen-bond acceptors (Lipinski definition) is 5. The van der Waals surface area contributed by atoms with Crippen LogP contribution in [0.4, 0.5) is 0 Å². The van der Waals surface area contributed by atoms with Gasteiger partial charge < -0.3 is 20.9 Å². The van der Waals surface area contributed by atoms with Crippen LogP contribution in [0.1, 0.15) is 173 Å². The summed E-state index contributed by atoms with van der Waals surface area (Å²) in [6.45, 7) is 45.4. The first-order valence-electron chi connectivity index (χ1n) is 18.3. The van der Waals surface area contributed by atoms with Gasteiger partial charge in [-0.25, -0.2) is 0 Å². The fourth-order valence-electron chi connectivity index (χ4n) is 4.98. The molecular weight excluding hydrogens is 550 g/mol. The van der Waals surface area contributed by atoms with Crippen LogP contribution in [0.3, 0.4) is 0 Å². The third-order valence-electron chi connectivity index (χ3n) is 7.70. The van der Waals surface area contributed by atoms with Gasteiger partial charge >= 0.3 is 0 Å². The maximum absolute atomic E-state index is 3.46. The summed E-state index contributed by atoms with van der Waals surface area (Å²) in [5.74, 6) is 2.66. The Kier molecular flexibility index (Phi) is 68.0. The quantitative estimate of drug-likeness (QED) is 0.282. The van der Waals surface area contributed by atoms with E-state index in [0.29, 0.717) is 0 Å². The fourth-order valence-corrected chi connectivity index (χ4v) is 4.98. The maximum Gasteiger partial charge on any atom is 0.0110 e. The Bertz CT molecular complexity index is 382. The first kappa shape index (κ1) is 63.5. The molecule has 2 atom stereocenters. The lowest BCUT2D eigenvalue weighted by atomic mass is 9.96.